The zero-order chi connectivity index (χ0) is 21.7. The van der Waals surface area contributed by atoms with E-state index in [1.54, 1.807) is 19.4 Å². The Kier molecular flexibility index (Phi) is 5.26. The highest BCUT2D eigenvalue weighted by Gasteiger charge is 2.37. The second-order valence-electron chi connectivity index (χ2n) is 9.63. The third-order valence-corrected chi connectivity index (χ3v) is 7.86. The summed E-state index contributed by atoms with van der Waals surface area (Å²) in [6.45, 7) is 11.4. The number of rotatable bonds is 3. The van der Waals surface area contributed by atoms with Gasteiger partial charge in [-0.05, 0) is 87.4 Å². The van der Waals surface area contributed by atoms with Crippen molar-refractivity contribution in [3.63, 3.8) is 0 Å². The summed E-state index contributed by atoms with van der Waals surface area (Å²) in [6.07, 6.45) is 4.10. The number of halogens is 1. The molecule has 1 atom stereocenters. The summed E-state index contributed by atoms with van der Waals surface area (Å²) in [7, 11) is 1.35. The average molecular weight is 424 g/mol. The van der Waals surface area contributed by atoms with E-state index in [4.69, 9.17) is 4.74 Å². The van der Waals surface area contributed by atoms with Gasteiger partial charge in [0.1, 0.15) is 0 Å². The van der Waals surface area contributed by atoms with Crippen LogP contribution in [0, 0.1) is 12.7 Å². The zero-order valence-corrected chi connectivity index (χ0v) is 19.5. The van der Waals surface area contributed by atoms with Crippen molar-refractivity contribution in [3.8, 4) is 16.9 Å². The molecule has 0 radical (unpaired) electrons. The molecule has 0 aromatic heterocycles. The first-order valence-electron chi connectivity index (χ1n) is 10.4. The fourth-order valence-corrected chi connectivity index (χ4v) is 5.66. The van der Waals surface area contributed by atoms with Crippen LogP contribution < -0.4 is 4.74 Å². The van der Waals surface area contributed by atoms with Crippen molar-refractivity contribution in [2.24, 2.45) is 4.99 Å². The lowest BCUT2D eigenvalue weighted by Gasteiger charge is -2.42. The number of methoxy groups -OCH3 is 1. The first-order valence-corrected chi connectivity index (χ1v) is 11.8. The van der Waals surface area contributed by atoms with E-state index in [9.17, 15) is 0 Å². The molecule has 4 rings (SSSR count). The van der Waals surface area contributed by atoms with Crippen LogP contribution in [0.4, 0.5) is 4.39 Å². The van der Waals surface area contributed by atoms with Crippen LogP contribution in [0.2, 0.25) is 0 Å². The molecule has 2 aliphatic rings. The van der Waals surface area contributed by atoms with E-state index in [1.807, 2.05) is 17.0 Å². The fourth-order valence-electron chi connectivity index (χ4n) is 4.58. The van der Waals surface area contributed by atoms with E-state index in [2.05, 4.69) is 57.1 Å². The van der Waals surface area contributed by atoms with E-state index in [0.717, 1.165) is 28.7 Å². The lowest BCUT2D eigenvalue weighted by atomic mass is 9.62. The lowest BCUT2D eigenvalue weighted by Crippen LogP contribution is -2.34. The number of benzene rings is 2. The Bertz CT molecular complexity index is 1090. The molecule has 1 unspecified atom stereocenters. The summed E-state index contributed by atoms with van der Waals surface area (Å²) in [5.41, 5.74) is 8.76. The topological polar surface area (TPSA) is 21.6 Å². The molecule has 0 saturated heterocycles. The molecule has 0 N–H and O–H groups in total. The van der Waals surface area contributed by atoms with Crippen LogP contribution in [-0.4, -0.2) is 18.0 Å². The van der Waals surface area contributed by atoms with Gasteiger partial charge in [-0.1, -0.05) is 33.8 Å². The van der Waals surface area contributed by atoms with E-state index < -0.39 is 0 Å². The van der Waals surface area contributed by atoms with E-state index in [0.29, 0.717) is 5.75 Å². The van der Waals surface area contributed by atoms with Gasteiger partial charge < -0.3 is 4.74 Å². The van der Waals surface area contributed by atoms with Gasteiger partial charge in [-0.3, -0.25) is 4.99 Å². The standard InChI is InChI=1S/C26H30FNOS/c1-17-11-21-22(26(4,5)8-7-25(21,2)3)14-19(17)20-12-18(13-23(27)24(20)29-6)15-30-10-9-28-16-30/h9-16H,7-8H2,1-6H3. The third-order valence-electron chi connectivity index (χ3n) is 6.52. The van der Waals surface area contributed by atoms with Crippen molar-refractivity contribution < 1.29 is 9.13 Å². The maximum Gasteiger partial charge on any atom is 0.166 e. The number of aryl methyl sites for hydroxylation is 1. The van der Waals surface area contributed by atoms with Crippen LogP contribution in [-0.2, 0) is 10.8 Å². The largest absolute Gasteiger partial charge is 0.493 e. The van der Waals surface area contributed by atoms with E-state index >= 15 is 4.39 Å². The Morgan fingerprint density at radius 2 is 1.67 bits per heavy atom. The molecule has 1 aliphatic carbocycles. The fraction of sp³-hybridized carbons (Fsp3) is 0.385. The van der Waals surface area contributed by atoms with Gasteiger partial charge in [0, 0.05) is 11.8 Å². The minimum absolute atomic E-state index is 0.0926. The molecule has 0 spiro atoms. The van der Waals surface area contributed by atoms with Crippen LogP contribution in [0.15, 0.2) is 40.9 Å². The highest BCUT2D eigenvalue weighted by atomic mass is 32.2. The van der Waals surface area contributed by atoms with E-state index in [-0.39, 0.29) is 27.1 Å². The highest BCUT2D eigenvalue weighted by Crippen LogP contribution is 2.48. The van der Waals surface area contributed by atoms with Crippen molar-refractivity contribution >= 4 is 21.4 Å². The number of fused-ring (bicyclic) bond motifs is 1. The summed E-state index contributed by atoms with van der Waals surface area (Å²) in [5.74, 6) is -0.0243. The summed E-state index contributed by atoms with van der Waals surface area (Å²) < 4.78 is 20.5. The maximum atomic E-state index is 15.0. The van der Waals surface area contributed by atoms with Gasteiger partial charge in [-0.15, -0.1) is 10.5 Å². The van der Waals surface area contributed by atoms with Gasteiger partial charge in [0.2, 0.25) is 0 Å². The minimum Gasteiger partial charge on any atom is -0.493 e. The smallest absolute Gasteiger partial charge is 0.166 e. The Balaban J connectivity index is 1.94. The molecule has 2 nitrogen and oxygen atoms in total. The molecule has 1 heterocycles. The summed E-state index contributed by atoms with van der Waals surface area (Å²) >= 11 is 0. The lowest BCUT2D eigenvalue weighted by molar-refractivity contribution is 0.332. The normalized spacial score (nSPS) is 21.1. The molecular formula is C26H30FNOS. The molecular weight excluding hydrogens is 393 g/mol. The third kappa shape index (κ3) is 3.66. The molecule has 0 fully saturated rings. The van der Waals surface area contributed by atoms with Crippen LogP contribution >= 0.6 is 10.5 Å². The Morgan fingerprint density at radius 1 is 1.00 bits per heavy atom. The molecule has 0 saturated carbocycles. The zero-order valence-electron chi connectivity index (χ0n) is 18.7. The van der Waals surface area contributed by atoms with Crippen LogP contribution in [0.25, 0.3) is 11.1 Å². The SMILES string of the molecule is COc1c(F)cc(C=S2C=CN=C2)cc1-c1cc2c(cc1C)C(C)(C)CCC2(C)C. The molecule has 2 aromatic carbocycles. The first-order chi connectivity index (χ1) is 14.1. The number of hydrogen-bond donors (Lipinski definition) is 0. The summed E-state index contributed by atoms with van der Waals surface area (Å²) in [6, 6.07) is 8.19. The Labute approximate surface area is 181 Å². The quantitative estimate of drug-likeness (QED) is 0.483. The molecule has 158 valence electrons. The minimum atomic E-state index is -0.332. The molecule has 0 amide bonds. The number of nitrogens with zero attached hydrogens (tertiary/aromatic N) is 1. The van der Waals surface area contributed by atoms with E-state index in [1.165, 1.54) is 17.5 Å². The van der Waals surface area contributed by atoms with Crippen molar-refractivity contribution in [2.75, 3.05) is 7.11 Å². The monoisotopic (exact) mass is 423 g/mol. The van der Waals surface area contributed by atoms with Gasteiger partial charge in [-0.2, -0.15) is 0 Å². The number of hydrogen-bond acceptors (Lipinski definition) is 2. The average Bonchev–Trinajstić information content (AvgIpc) is 3.18. The predicted octanol–water partition coefficient (Wildman–Crippen LogP) is 7.09. The second kappa shape index (κ2) is 7.49. The van der Waals surface area contributed by atoms with Gasteiger partial charge >= 0.3 is 0 Å². The van der Waals surface area contributed by atoms with Crippen molar-refractivity contribution in [1.29, 1.82) is 0 Å². The molecule has 0 bridgehead atoms. The number of ether oxygens (including phenoxy) is 1. The molecule has 2 aromatic rings. The molecule has 30 heavy (non-hydrogen) atoms. The highest BCUT2D eigenvalue weighted by molar-refractivity contribution is 8.29. The van der Waals surface area contributed by atoms with Crippen molar-refractivity contribution in [2.45, 2.75) is 58.3 Å². The van der Waals surface area contributed by atoms with Gasteiger partial charge in [-0.25, -0.2) is 4.39 Å². The molecule has 4 heteroatoms. The van der Waals surface area contributed by atoms with Crippen molar-refractivity contribution in [1.82, 2.24) is 0 Å². The van der Waals surface area contributed by atoms with Crippen LogP contribution in [0.5, 0.6) is 5.75 Å². The van der Waals surface area contributed by atoms with Gasteiger partial charge in [0.05, 0.1) is 12.7 Å². The Hall–Kier alpha value is -2.20. The second-order valence-corrected chi connectivity index (χ2v) is 11.2. The number of aliphatic imine (C=N–C) groups is 1. The van der Waals surface area contributed by atoms with Gasteiger partial charge in [0.25, 0.3) is 0 Å². The van der Waals surface area contributed by atoms with Crippen molar-refractivity contribution in [3.05, 3.63) is 63.9 Å². The first kappa shape index (κ1) is 21.0. The summed E-state index contributed by atoms with van der Waals surface area (Å²) in [5, 5.41) is 4.08. The molecule has 1 aliphatic heterocycles. The maximum absolute atomic E-state index is 15.0. The Morgan fingerprint density at radius 3 is 2.27 bits per heavy atom. The van der Waals surface area contributed by atoms with Gasteiger partial charge in [0.15, 0.2) is 11.6 Å². The van der Waals surface area contributed by atoms with Crippen LogP contribution in [0.3, 0.4) is 0 Å². The van der Waals surface area contributed by atoms with Crippen LogP contribution in [0.1, 0.15) is 62.8 Å². The predicted molar refractivity (Wildman–Crippen MR) is 129 cm³/mol. The summed E-state index contributed by atoms with van der Waals surface area (Å²) in [4.78, 5) is 4.15.